The second-order valence-electron chi connectivity index (χ2n) is 4.92. The minimum Gasteiger partial charge on any atom is -0.447 e. The zero-order valence-electron chi connectivity index (χ0n) is 11.4. The second kappa shape index (κ2) is 6.54. The van der Waals surface area contributed by atoms with E-state index in [1.165, 1.54) is 6.42 Å². The van der Waals surface area contributed by atoms with Crippen LogP contribution in [0.25, 0.3) is 0 Å². The first-order chi connectivity index (χ1) is 9.14. The maximum absolute atomic E-state index is 12.5. The lowest BCUT2D eigenvalue weighted by molar-refractivity contribution is 0.340. The van der Waals surface area contributed by atoms with Crippen LogP contribution in [-0.2, 0) is 16.6 Å². The molecule has 1 aliphatic heterocycles. The molecular weight excluding hydrogens is 264 g/mol. The molecule has 0 atom stereocenters. The molecule has 0 amide bonds. The highest BCUT2D eigenvalue weighted by Gasteiger charge is 2.27. The highest BCUT2D eigenvalue weighted by atomic mass is 32.2. The van der Waals surface area contributed by atoms with Gasteiger partial charge in [-0.05, 0) is 32.0 Å². The summed E-state index contributed by atoms with van der Waals surface area (Å²) in [5, 5.41) is 3.01. The van der Waals surface area contributed by atoms with Crippen LogP contribution in [0.1, 0.15) is 37.9 Å². The Labute approximate surface area is 115 Å². The van der Waals surface area contributed by atoms with E-state index < -0.39 is 10.0 Å². The van der Waals surface area contributed by atoms with E-state index in [2.05, 4.69) is 5.32 Å². The fraction of sp³-hybridized carbons (Fsp3) is 0.692. The molecule has 0 unspecified atom stereocenters. The number of hydrogen-bond acceptors (Lipinski definition) is 4. The molecular formula is C13H22N2O3S. The quantitative estimate of drug-likeness (QED) is 0.919. The molecule has 0 radical (unpaired) electrons. The zero-order valence-corrected chi connectivity index (χ0v) is 12.2. The van der Waals surface area contributed by atoms with Crippen molar-refractivity contribution >= 4 is 10.0 Å². The lowest BCUT2D eigenvalue weighted by atomic mass is 10.1. The molecule has 1 aromatic heterocycles. The van der Waals surface area contributed by atoms with Gasteiger partial charge in [0.1, 0.15) is 5.76 Å². The fourth-order valence-electron chi connectivity index (χ4n) is 2.35. The van der Waals surface area contributed by atoms with E-state index in [4.69, 9.17) is 4.42 Å². The third kappa shape index (κ3) is 3.58. The van der Waals surface area contributed by atoms with Gasteiger partial charge in [0.15, 0.2) is 0 Å². The van der Waals surface area contributed by atoms with E-state index in [1.54, 1.807) is 23.5 Å². The summed E-state index contributed by atoms with van der Waals surface area (Å²) < 4.78 is 31.9. The highest BCUT2D eigenvalue weighted by Crippen LogP contribution is 2.21. The summed E-state index contributed by atoms with van der Waals surface area (Å²) in [5.74, 6) is 0.646. The summed E-state index contributed by atoms with van der Waals surface area (Å²) in [5.41, 5.74) is 0. The van der Waals surface area contributed by atoms with Crippen LogP contribution < -0.4 is 5.32 Å². The number of nitrogens with zero attached hydrogens (tertiary/aromatic N) is 1. The first-order valence-corrected chi connectivity index (χ1v) is 8.32. The van der Waals surface area contributed by atoms with Crippen molar-refractivity contribution in [2.24, 2.45) is 0 Å². The summed E-state index contributed by atoms with van der Waals surface area (Å²) in [7, 11) is -1.66. The molecule has 1 saturated heterocycles. The van der Waals surface area contributed by atoms with Gasteiger partial charge in [-0.3, -0.25) is 0 Å². The Balaban J connectivity index is 2.14. The van der Waals surface area contributed by atoms with E-state index in [9.17, 15) is 8.42 Å². The molecule has 5 nitrogen and oxygen atoms in total. The van der Waals surface area contributed by atoms with Gasteiger partial charge in [-0.25, -0.2) is 8.42 Å². The Morgan fingerprint density at radius 3 is 2.42 bits per heavy atom. The normalized spacial score (nSPS) is 19.0. The Morgan fingerprint density at radius 2 is 1.79 bits per heavy atom. The monoisotopic (exact) mass is 286 g/mol. The number of sulfonamides is 1. The maximum Gasteiger partial charge on any atom is 0.276 e. The van der Waals surface area contributed by atoms with E-state index in [-0.39, 0.29) is 5.09 Å². The summed E-state index contributed by atoms with van der Waals surface area (Å²) >= 11 is 0. The molecule has 0 aromatic carbocycles. The van der Waals surface area contributed by atoms with Crippen LogP contribution in [0.5, 0.6) is 0 Å². The third-order valence-electron chi connectivity index (χ3n) is 3.40. The van der Waals surface area contributed by atoms with Gasteiger partial charge in [0.25, 0.3) is 10.0 Å². The van der Waals surface area contributed by atoms with Crippen LogP contribution >= 0.6 is 0 Å². The number of hydrogen-bond donors (Lipinski definition) is 1. The maximum atomic E-state index is 12.5. The number of furan rings is 1. The predicted octanol–water partition coefficient (Wildman–Crippen LogP) is 1.95. The van der Waals surface area contributed by atoms with Crippen molar-refractivity contribution in [1.82, 2.24) is 9.62 Å². The van der Waals surface area contributed by atoms with Crippen LogP contribution in [0.4, 0.5) is 0 Å². The average Bonchev–Trinajstić information content (AvgIpc) is 2.77. The summed E-state index contributed by atoms with van der Waals surface area (Å²) in [6.45, 7) is 1.74. The van der Waals surface area contributed by atoms with E-state index in [1.807, 2.05) is 0 Å². The molecule has 2 heterocycles. The van der Waals surface area contributed by atoms with Gasteiger partial charge >= 0.3 is 0 Å². The fourth-order valence-corrected chi connectivity index (χ4v) is 3.80. The Kier molecular flexibility index (Phi) is 5.01. The van der Waals surface area contributed by atoms with Crippen LogP contribution in [0.15, 0.2) is 21.6 Å². The lowest BCUT2D eigenvalue weighted by Crippen LogP contribution is -2.33. The summed E-state index contributed by atoms with van der Waals surface area (Å²) in [4.78, 5) is 0. The molecule has 0 aliphatic carbocycles. The molecule has 0 bridgehead atoms. The molecule has 1 aliphatic rings. The third-order valence-corrected chi connectivity index (χ3v) is 5.17. The molecule has 1 N–H and O–H groups in total. The highest BCUT2D eigenvalue weighted by molar-refractivity contribution is 7.89. The standard InChI is InChI=1S/C13H22N2O3S/c1-14-11-12-7-8-13(18-12)19(16,17)15-9-5-3-2-4-6-10-15/h7-8,14H,2-6,9-11H2,1H3. The molecule has 2 rings (SSSR count). The van der Waals surface area contributed by atoms with Gasteiger partial charge in [-0.2, -0.15) is 4.31 Å². The molecule has 1 fully saturated rings. The van der Waals surface area contributed by atoms with Gasteiger partial charge in [-0.15, -0.1) is 0 Å². The van der Waals surface area contributed by atoms with Crippen molar-refractivity contribution in [3.05, 3.63) is 17.9 Å². The average molecular weight is 286 g/mol. The van der Waals surface area contributed by atoms with Gasteiger partial charge in [0.05, 0.1) is 6.54 Å². The first kappa shape index (κ1) is 14.6. The Hall–Kier alpha value is -0.850. The van der Waals surface area contributed by atoms with E-state index in [0.29, 0.717) is 25.4 Å². The van der Waals surface area contributed by atoms with Gasteiger partial charge in [0, 0.05) is 13.1 Å². The number of rotatable bonds is 4. The molecule has 0 spiro atoms. The molecule has 6 heteroatoms. The Bertz CT molecular complexity index is 488. The van der Waals surface area contributed by atoms with Gasteiger partial charge in [-0.1, -0.05) is 19.3 Å². The topological polar surface area (TPSA) is 62.6 Å². The molecule has 1 aromatic rings. The van der Waals surface area contributed by atoms with Crippen molar-refractivity contribution < 1.29 is 12.8 Å². The smallest absolute Gasteiger partial charge is 0.276 e. The number of nitrogens with one attached hydrogen (secondary N) is 1. The van der Waals surface area contributed by atoms with Crippen LogP contribution in [0.3, 0.4) is 0 Å². The lowest BCUT2D eigenvalue weighted by Gasteiger charge is -2.22. The van der Waals surface area contributed by atoms with Crippen molar-refractivity contribution in [2.45, 2.75) is 43.7 Å². The summed E-state index contributed by atoms with van der Waals surface area (Å²) in [6, 6.07) is 3.27. The van der Waals surface area contributed by atoms with Gasteiger partial charge in [0.2, 0.25) is 5.09 Å². The van der Waals surface area contributed by atoms with E-state index >= 15 is 0 Å². The molecule has 19 heavy (non-hydrogen) atoms. The SMILES string of the molecule is CNCc1ccc(S(=O)(=O)N2CCCCCCC2)o1. The largest absolute Gasteiger partial charge is 0.447 e. The van der Waals surface area contributed by atoms with Crippen LogP contribution in [0.2, 0.25) is 0 Å². The van der Waals surface area contributed by atoms with E-state index in [0.717, 1.165) is 25.7 Å². The van der Waals surface area contributed by atoms with Gasteiger partial charge < -0.3 is 9.73 Å². The molecule has 0 saturated carbocycles. The predicted molar refractivity (Wildman–Crippen MR) is 73.3 cm³/mol. The zero-order chi connectivity index (χ0) is 13.7. The molecule has 108 valence electrons. The second-order valence-corrected chi connectivity index (χ2v) is 6.79. The van der Waals surface area contributed by atoms with Crippen molar-refractivity contribution in [2.75, 3.05) is 20.1 Å². The first-order valence-electron chi connectivity index (χ1n) is 6.88. The van der Waals surface area contributed by atoms with Crippen molar-refractivity contribution in [3.8, 4) is 0 Å². The summed E-state index contributed by atoms with van der Waals surface area (Å²) in [6.07, 6.45) is 5.29. The van der Waals surface area contributed by atoms with Crippen molar-refractivity contribution in [1.29, 1.82) is 0 Å². The van der Waals surface area contributed by atoms with Crippen molar-refractivity contribution in [3.63, 3.8) is 0 Å². The minimum atomic E-state index is -3.46. The van der Waals surface area contributed by atoms with Crippen LogP contribution in [-0.4, -0.2) is 32.9 Å². The van der Waals surface area contributed by atoms with Crippen LogP contribution in [0, 0.1) is 0 Å². The Morgan fingerprint density at radius 1 is 1.16 bits per heavy atom. The minimum absolute atomic E-state index is 0.0679.